The maximum Gasteiger partial charge on any atom is 0.353 e. The zero-order chi connectivity index (χ0) is 11.4. The third kappa shape index (κ3) is 3.06. The highest BCUT2D eigenvalue weighted by molar-refractivity contribution is 7.67. The van der Waals surface area contributed by atoms with Crippen molar-refractivity contribution in [1.29, 1.82) is 0 Å². The van der Waals surface area contributed by atoms with E-state index in [2.05, 4.69) is 4.18 Å². The zero-order valence-corrected chi connectivity index (χ0v) is 8.14. The Labute approximate surface area is 86.3 Å². The monoisotopic (exact) mass is 230 g/mol. The Bertz CT molecular complexity index is 451. The summed E-state index contributed by atoms with van der Waals surface area (Å²) in [6, 6.07) is 4.70. The molecule has 0 saturated heterocycles. The Morgan fingerprint density at radius 1 is 1.07 bits per heavy atom. The van der Waals surface area contributed by atoms with E-state index in [0.717, 1.165) is 0 Å². The van der Waals surface area contributed by atoms with Crippen LogP contribution in [-0.4, -0.2) is 25.5 Å². The molecule has 0 aliphatic rings. The van der Waals surface area contributed by atoms with Crippen LogP contribution in [0.2, 0.25) is 0 Å². The Kier molecular flexibility index (Phi) is 3.40. The molecule has 1 N–H and O–H groups in total. The minimum absolute atomic E-state index is 0.00180. The summed E-state index contributed by atoms with van der Waals surface area (Å²) < 4.78 is 24.0. The van der Waals surface area contributed by atoms with Crippen LogP contribution in [0, 0.1) is 0 Å². The molecule has 0 atom stereocenters. The normalized spacial score (nSPS) is 9.93. The first-order chi connectivity index (χ1) is 7.00. The zero-order valence-electron chi connectivity index (χ0n) is 7.25. The second kappa shape index (κ2) is 4.56. The third-order valence-corrected chi connectivity index (χ3v) is 1.84. The lowest BCUT2D eigenvalue weighted by molar-refractivity contribution is 0.0693. The van der Waals surface area contributed by atoms with Gasteiger partial charge in [-0.3, -0.25) is 0 Å². The van der Waals surface area contributed by atoms with E-state index in [1.54, 1.807) is 0 Å². The van der Waals surface area contributed by atoms with Gasteiger partial charge in [0.25, 0.3) is 0 Å². The van der Waals surface area contributed by atoms with E-state index >= 15 is 0 Å². The van der Waals surface area contributed by atoms with Crippen LogP contribution in [0.15, 0.2) is 24.3 Å². The van der Waals surface area contributed by atoms with Gasteiger partial charge < -0.3 is 9.29 Å². The second-order valence-electron chi connectivity index (χ2n) is 2.48. The predicted molar refractivity (Wildman–Crippen MR) is 49.1 cm³/mol. The van der Waals surface area contributed by atoms with Gasteiger partial charge in [0.15, 0.2) is 0 Å². The first-order valence-corrected chi connectivity index (χ1v) is 4.80. The molecule has 0 bridgehead atoms. The fraction of sp³-hybridized carbons (Fsp3) is 0. The number of rotatable bonds is 3. The summed E-state index contributed by atoms with van der Waals surface area (Å²) in [6.07, 6.45) is 0. The first-order valence-electron chi connectivity index (χ1n) is 3.71. The Morgan fingerprint density at radius 2 is 1.53 bits per heavy atom. The minimum Gasteiger partial charge on any atom is -0.478 e. The molecule has 0 aliphatic carbocycles. The summed E-state index contributed by atoms with van der Waals surface area (Å²) in [4.78, 5) is 21.4. The highest BCUT2D eigenvalue weighted by Gasteiger charge is 2.09. The minimum atomic E-state index is -3.25. The lowest BCUT2D eigenvalue weighted by Gasteiger charge is -1.98. The fourth-order valence-electron chi connectivity index (χ4n) is 0.869. The van der Waals surface area contributed by atoms with Crippen molar-refractivity contribution >= 4 is 22.9 Å². The number of carbonyl (C=O) groups excluding carboxylic acids is 1. The van der Waals surface area contributed by atoms with E-state index in [1.807, 2.05) is 0 Å². The van der Waals surface area contributed by atoms with Gasteiger partial charge in [-0.1, -0.05) is 0 Å². The van der Waals surface area contributed by atoms with Gasteiger partial charge in [0, 0.05) is 0 Å². The largest absolute Gasteiger partial charge is 0.478 e. The fourth-order valence-corrected chi connectivity index (χ4v) is 1.11. The van der Waals surface area contributed by atoms with Gasteiger partial charge in [0.05, 0.1) is 11.1 Å². The van der Waals surface area contributed by atoms with E-state index < -0.39 is 22.9 Å². The quantitative estimate of drug-likeness (QED) is 0.713. The van der Waals surface area contributed by atoms with E-state index in [9.17, 15) is 18.0 Å². The molecule has 1 aromatic carbocycles. The van der Waals surface area contributed by atoms with Crippen molar-refractivity contribution in [3.63, 3.8) is 0 Å². The van der Waals surface area contributed by atoms with Crippen LogP contribution in [0.25, 0.3) is 0 Å². The molecule has 0 amide bonds. The van der Waals surface area contributed by atoms with Crippen molar-refractivity contribution in [2.45, 2.75) is 0 Å². The molecule has 1 aromatic rings. The van der Waals surface area contributed by atoms with E-state index in [4.69, 9.17) is 5.11 Å². The average Bonchev–Trinajstić information content (AvgIpc) is 2.17. The maximum absolute atomic E-state index is 11.0. The molecule has 15 heavy (non-hydrogen) atoms. The number of thiol groups is 1. The summed E-state index contributed by atoms with van der Waals surface area (Å²) >= 11 is 0. The van der Waals surface area contributed by atoms with Gasteiger partial charge in [-0.05, 0) is 24.3 Å². The molecule has 0 heterocycles. The molecule has 1 rings (SSSR count). The average molecular weight is 230 g/mol. The molecule has 0 aliphatic heterocycles. The van der Waals surface area contributed by atoms with Crippen LogP contribution in [0.5, 0.6) is 0 Å². The number of hydrogen-bond acceptors (Lipinski definition) is 5. The number of carboxylic acid groups (broad SMARTS) is 1. The molecule has 80 valence electrons. The highest BCUT2D eigenvalue weighted by atomic mass is 32.2. The van der Waals surface area contributed by atoms with Crippen LogP contribution in [-0.2, 0) is 15.2 Å². The number of carboxylic acids is 1. The molecule has 0 aromatic heterocycles. The molecule has 0 fully saturated rings. The highest BCUT2D eigenvalue weighted by Crippen LogP contribution is 2.05. The first kappa shape index (κ1) is 11.2. The summed E-state index contributed by atoms with van der Waals surface area (Å²) in [7, 11) is -3.25. The lowest BCUT2D eigenvalue weighted by atomic mass is 10.1. The predicted octanol–water partition coefficient (Wildman–Crippen LogP) is 0.0680. The smallest absolute Gasteiger partial charge is 0.353 e. The van der Waals surface area contributed by atoms with Gasteiger partial charge in [-0.15, -0.1) is 0 Å². The number of benzene rings is 1. The Hall–Kier alpha value is -1.89. The summed E-state index contributed by atoms with van der Waals surface area (Å²) in [5.74, 6) is -2.17. The van der Waals surface area contributed by atoms with Crippen molar-refractivity contribution in [2.75, 3.05) is 0 Å². The van der Waals surface area contributed by atoms with E-state index in [-0.39, 0.29) is 11.1 Å². The van der Waals surface area contributed by atoms with E-state index in [1.165, 1.54) is 24.3 Å². The second-order valence-corrected chi connectivity index (χ2v) is 3.11. The van der Waals surface area contributed by atoms with Gasteiger partial charge in [-0.2, -0.15) is 8.42 Å². The number of aromatic carboxylic acids is 1. The number of carbonyl (C=O) groups is 2. The van der Waals surface area contributed by atoms with Crippen LogP contribution in [0.3, 0.4) is 0 Å². The van der Waals surface area contributed by atoms with Crippen LogP contribution in [0.1, 0.15) is 20.7 Å². The Balaban J connectivity index is 2.89. The number of hydrogen-bond donors (Lipinski definition) is 2. The van der Waals surface area contributed by atoms with Crippen molar-refractivity contribution in [1.82, 2.24) is 0 Å². The third-order valence-electron chi connectivity index (χ3n) is 1.52. The van der Waals surface area contributed by atoms with Gasteiger partial charge >= 0.3 is 22.9 Å². The summed E-state index contributed by atoms with van der Waals surface area (Å²) in [5.41, 5.74) is -0.0303. The summed E-state index contributed by atoms with van der Waals surface area (Å²) in [6.45, 7) is 0. The molecule has 0 unspecified atom stereocenters. The summed E-state index contributed by atoms with van der Waals surface area (Å²) in [5, 5.41) is 8.55. The van der Waals surface area contributed by atoms with Crippen molar-refractivity contribution in [3.8, 4) is 0 Å². The standard InChI is InChI=1S/C8H6O6S/c9-7(10)5-1-3-6(4-2-5)8(11)14-15(12)13/h1-4,15H,(H,9,10). The topological polar surface area (TPSA) is 97.7 Å². The molecule has 6 nitrogen and oxygen atoms in total. The maximum atomic E-state index is 11.0. The van der Waals surface area contributed by atoms with Crippen LogP contribution < -0.4 is 0 Å². The molecule has 0 radical (unpaired) electrons. The van der Waals surface area contributed by atoms with E-state index in [0.29, 0.717) is 0 Å². The molecule has 7 heteroatoms. The van der Waals surface area contributed by atoms with Crippen LogP contribution >= 0.6 is 0 Å². The SMILES string of the molecule is O=C(O)c1ccc(C(=O)O[SH](=O)=O)cc1. The Morgan fingerprint density at radius 3 is 1.93 bits per heavy atom. The molecule has 0 spiro atoms. The van der Waals surface area contributed by atoms with Crippen LogP contribution in [0.4, 0.5) is 0 Å². The van der Waals surface area contributed by atoms with Crippen molar-refractivity contribution in [2.24, 2.45) is 0 Å². The van der Waals surface area contributed by atoms with Gasteiger partial charge in [0.1, 0.15) is 0 Å². The molecular weight excluding hydrogens is 224 g/mol. The molecular formula is C8H6O6S. The van der Waals surface area contributed by atoms with Gasteiger partial charge in [-0.25, -0.2) is 9.59 Å². The van der Waals surface area contributed by atoms with Crippen molar-refractivity contribution in [3.05, 3.63) is 35.4 Å². The van der Waals surface area contributed by atoms with Crippen molar-refractivity contribution < 1.29 is 27.3 Å². The molecule has 0 saturated carbocycles. The van der Waals surface area contributed by atoms with Gasteiger partial charge in [0.2, 0.25) is 0 Å². The lowest BCUT2D eigenvalue weighted by Crippen LogP contribution is -2.04.